The summed E-state index contributed by atoms with van der Waals surface area (Å²) < 4.78 is 14.6. The zero-order valence-corrected chi connectivity index (χ0v) is 18.9. The van der Waals surface area contributed by atoms with Crippen LogP contribution in [0.4, 0.5) is 4.39 Å². The third kappa shape index (κ3) is 3.84. The van der Waals surface area contributed by atoms with Gasteiger partial charge in [0.05, 0.1) is 16.8 Å². The normalized spacial score (nSPS) is 22.5. The summed E-state index contributed by atoms with van der Waals surface area (Å²) in [6.07, 6.45) is 6.08. The Bertz CT molecular complexity index is 1120. The number of nitrogens with zero attached hydrogens (tertiary/aromatic N) is 6. The number of piperidine rings is 1. The van der Waals surface area contributed by atoms with Crippen LogP contribution in [0, 0.1) is 17.1 Å². The molecule has 1 aromatic heterocycles. The second-order valence-electron chi connectivity index (χ2n) is 8.53. The first-order chi connectivity index (χ1) is 15.8. The van der Waals surface area contributed by atoms with Gasteiger partial charge in [0.15, 0.2) is 0 Å². The molecule has 2 aromatic rings. The van der Waals surface area contributed by atoms with E-state index in [0.29, 0.717) is 35.5 Å². The molecule has 1 atom stereocenters. The number of rotatable bonds is 4. The molecule has 3 heterocycles. The van der Waals surface area contributed by atoms with Crippen LogP contribution in [0.15, 0.2) is 36.9 Å². The van der Waals surface area contributed by atoms with Crippen molar-refractivity contribution in [3.8, 4) is 6.07 Å². The highest BCUT2D eigenvalue weighted by atomic mass is 19.1. The topological polar surface area (TPSA) is 114 Å². The van der Waals surface area contributed by atoms with Gasteiger partial charge in [-0.2, -0.15) is 5.26 Å². The first-order valence-electron chi connectivity index (χ1n) is 10.7. The van der Waals surface area contributed by atoms with Crippen molar-refractivity contribution >= 4 is 17.2 Å². The molecular formula is C23H27FN8O. The summed E-state index contributed by atoms with van der Waals surface area (Å²) >= 11 is 0. The van der Waals surface area contributed by atoms with Crippen LogP contribution in [0.25, 0.3) is 11.3 Å². The van der Waals surface area contributed by atoms with Crippen molar-refractivity contribution in [2.75, 3.05) is 34.2 Å². The Kier molecular flexibility index (Phi) is 6.12. The lowest BCUT2D eigenvalue weighted by atomic mass is 9.95. The lowest BCUT2D eigenvalue weighted by Gasteiger charge is -2.57. The molecule has 1 aromatic carbocycles. The average Bonchev–Trinajstić information content (AvgIpc) is 2.81. The summed E-state index contributed by atoms with van der Waals surface area (Å²) in [4.78, 5) is 27.8. The standard InChI is InChI=1S/C23H27FN8O/c1-30(2)23(32-8-6-18(26)7-9-32)29-21(15-4-5-16(11-25)19(24)10-15)20(22(33)31(23)3)17-12-27-14-28-13-17/h4-5,10,12-14,18,29H,6-9,26H2,1-3H3. The van der Waals surface area contributed by atoms with E-state index in [2.05, 4.69) is 20.2 Å². The van der Waals surface area contributed by atoms with Gasteiger partial charge in [-0.3, -0.25) is 14.6 Å². The second kappa shape index (κ2) is 8.86. The third-order valence-corrected chi connectivity index (χ3v) is 6.36. The molecule has 3 N–H and O–H groups in total. The van der Waals surface area contributed by atoms with Crippen molar-refractivity contribution < 1.29 is 9.18 Å². The van der Waals surface area contributed by atoms with Crippen LogP contribution < -0.4 is 11.1 Å². The van der Waals surface area contributed by atoms with Gasteiger partial charge < -0.3 is 11.1 Å². The first-order valence-corrected chi connectivity index (χ1v) is 10.7. The molecule has 9 nitrogen and oxygen atoms in total. The molecule has 0 bridgehead atoms. The van der Waals surface area contributed by atoms with Crippen molar-refractivity contribution in [2.24, 2.45) is 5.73 Å². The van der Waals surface area contributed by atoms with Crippen LogP contribution in [0.1, 0.15) is 29.5 Å². The van der Waals surface area contributed by atoms with Crippen LogP contribution in [0.3, 0.4) is 0 Å². The van der Waals surface area contributed by atoms with E-state index in [9.17, 15) is 9.18 Å². The molecule has 0 radical (unpaired) electrons. The highest BCUT2D eigenvalue weighted by Crippen LogP contribution is 2.37. The number of carbonyl (C=O) groups is 1. The molecule has 0 spiro atoms. The van der Waals surface area contributed by atoms with Crippen molar-refractivity contribution in [3.05, 3.63) is 59.4 Å². The van der Waals surface area contributed by atoms with Crippen molar-refractivity contribution in [3.63, 3.8) is 0 Å². The minimum atomic E-state index is -1.00. The van der Waals surface area contributed by atoms with E-state index in [1.807, 2.05) is 25.1 Å². The third-order valence-electron chi connectivity index (χ3n) is 6.36. The van der Waals surface area contributed by atoms with E-state index in [0.717, 1.165) is 12.8 Å². The summed E-state index contributed by atoms with van der Waals surface area (Å²) in [5.41, 5.74) is 7.80. The fourth-order valence-electron chi connectivity index (χ4n) is 4.60. The van der Waals surface area contributed by atoms with E-state index in [1.165, 1.54) is 18.5 Å². The number of nitriles is 1. The smallest absolute Gasteiger partial charge is 0.260 e. The average molecular weight is 451 g/mol. The van der Waals surface area contributed by atoms with E-state index in [-0.39, 0.29) is 17.5 Å². The van der Waals surface area contributed by atoms with Crippen LogP contribution in [0.2, 0.25) is 0 Å². The summed E-state index contributed by atoms with van der Waals surface area (Å²) in [6, 6.07) is 6.28. The Morgan fingerprint density at radius 3 is 2.48 bits per heavy atom. The quantitative estimate of drug-likeness (QED) is 0.710. The lowest BCUT2D eigenvalue weighted by molar-refractivity contribution is -0.178. The minimum absolute atomic E-state index is 0.0629. The number of aromatic nitrogens is 2. The number of likely N-dealkylation sites (tertiary alicyclic amines) is 1. The van der Waals surface area contributed by atoms with Crippen molar-refractivity contribution in [2.45, 2.75) is 24.8 Å². The van der Waals surface area contributed by atoms with Crippen molar-refractivity contribution in [1.82, 2.24) is 30.0 Å². The molecule has 0 aliphatic carbocycles. The number of halogens is 1. The molecule has 1 amide bonds. The van der Waals surface area contributed by atoms with E-state index in [1.54, 1.807) is 30.4 Å². The zero-order chi connectivity index (χ0) is 23.8. The van der Waals surface area contributed by atoms with Gasteiger partial charge in [-0.15, -0.1) is 0 Å². The van der Waals surface area contributed by atoms with Gasteiger partial charge >= 0.3 is 0 Å². The Morgan fingerprint density at radius 1 is 1.24 bits per heavy atom. The van der Waals surface area contributed by atoms with Crippen LogP contribution in [-0.2, 0) is 4.79 Å². The lowest BCUT2D eigenvalue weighted by Crippen LogP contribution is -2.78. The summed E-state index contributed by atoms with van der Waals surface area (Å²) in [5.74, 6) is -1.92. The number of likely N-dealkylation sites (N-methyl/N-ethyl adjacent to an activating group) is 1. The number of nitrogens with two attached hydrogens (primary N) is 1. The van der Waals surface area contributed by atoms with E-state index >= 15 is 0 Å². The predicted octanol–water partition coefficient (Wildman–Crippen LogP) is 1.01. The van der Waals surface area contributed by atoms with Gasteiger partial charge in [-0.1, -0.05) is 6.07 Å². The zero-order valence-electron chi connectivity index (χ0n) is 18.9. The molecule has 4 rings (SSSR count). The second-order valence-corrected chi connectivity index (χ2v) is 8.53. The number of benzene rings is 1. The number of hydrogen-bond acceptors (Lipinski definition) is 8. The maximum absolute atomic E-state index is 14.6. The minimum Gasteiger partial charge on any atom is -0.336 e. The molecule has 33 heavy (non-hydrogen) atoms. The summed E-state index contributed by atoms with van der Waals surface area (Å²) in [5, 5.41) is 12.7. The maximum atomic E-state index is 14.6. The first kappa shape index (κ1) is 22.8. The highest BCUT2D eigenvalue weighted by molar-refractivity contribution is 6.27. The van der Waals surface area contributed by atoms with Crippen LogP contribution in [-0.4, -0.2) is 76.8 Å². The Morgan fingerprint density at radius 2 is 1.91 bits per heavy atom. The molecule has 1 fully saturated rings. The molecule has 10 heteroatoms. The largest absolute Gasteiger partial charge is 0.336 e. The number of nitrogens with one attached hydrogen (secondary N) is 1. The van der Waals surface area contributed by atoms with Gasteiger partial charge in [0.2, 0.25) is 5.91 Å². The summed E-state index contributed by atoms with van der Waals surface area (Å²) in [6.45, 7) is 1.37. The fourth-order valence-corrected chi connectivity index (χ4v) is 4.60. The molecule has 1 unspecified atom stereocenters. The molecule has 0 saturated carbocycles. The van der Waals surface area contributed by atoms with Gasteiger partial charge in [0, 0.05) is 49.7 Å². The molecule has 172 valence electrons. The Labute approximate surface area is 192 Å². The monoisotopic (exact) mass is 450 g/mol. The SMILES string of the molecule is CN(C)C1(N2CCC(N)CC2)NC(c2ccc(C#N)c(F)c2)=C(c2cncnc2)C(=O)N1C. The molecule has 2 aliphatic heterocycles. The van der Waals surface area contributed by atoms with Gasteiger partial charge in [0.1, 0.15) is 18.2 Å². The van der Waals surface area contributed by atoms with Crippen molar-refractivity contribution in [1.29, 1.82) is 5.26 Å². The summed E-state index contributed by atoms with van der Waals surface area (Å²) in [7, 11) is 5.52. The molecule has 1 saturated heterocycles. The predicted molar refractivity (Wildman–Crippen MR) is 121 cm³/mol. The molecule has 2 aliphatic rings. The van der Waals surface area contributed by atoms with E-state index < -0.39 is 11.7 Å². The Hall–Kier alpha value is -3.39. The number of amides is 1. The molecular weight excluding hydrogens is 423 g/mol. The van der Waals surface area contributed by atoms with E-state index in [4.69, 9.17) is 11.0 Å². The number of hydrogen-bond donors (Lipinski definition) is 2. The maximum Gasteiger partial charge on any atom is 0.260 e. The highest BCUT2D eigenvalue weighted by Gasteiger charge is 2.51. The number of carbonyl (C=O) groups excluding carboxylic acids is 1. The van der Waals surface area contributed by atoms with Gasteiger partial charge in [-0.05, 0) is 39.1 Å². The van der Waals surface area contributed by atoms with Gasteiger partial charge in [0.25, 0.3) is 5.91 Å². The van der Waals surface area contributed by atoms with Crippen LogP contribution in [0.5, 0.6) is 0 Å². The van der Waals surface area contributed by atoms with Crippen LogP contribution >= 0.6 is 0 Å². The fraction of sp³-hybridized carbons (Fsp3) is 0.391. The van der Waals surface area contributed by atoms with Gasteiger partial charge in [-0.25, -0.2) is 19.3 Å². The Balaban J connectivity index is 1.93.